The molecule has 0 aromatic heterocycles. The SMILES string of the molecule is Cc1cc(/C=C/CNCCC(=O)OCl)ccc1OCCCc1ccccc1. The van der Waals surface area contributed by atoms with Crippen molar-refractivity contribution >= 4 is 23.9 Å². The van der Waals surface area contributed by atoms with Crippen molar-refractivity contribution < 1.29 is 13.8 Å². The minimum Gasteiger partial charge on any atom is -0.493 e. The Labute approximate surface area is 166 Å². The van der Waals surface area contributed by atoms with Gasteiger partial charge in [-0.05, 0) is 48.6 Å². The molecule has 0 atom stereocenters. The predicted octanol–water partition coefficient (Wildman–Crippen LogP) is 4.70. The van der Waals surface area contributed by atoms with Gasteiger partial charge in [0.15, 0.2) is 0 Å². The van der Waals surface area contributed by atoms with Crippen LogP contribution < -0.4 is 10.1 Å². The summed E-state index contributed by atoms with van der Waals surface area (Å²) < 4.78 is 9.98. The predicted molar refractivity (Wildman–Crippen MR) is 110 cm³/mol. The first-order valence-corrected chi connectivity index (χ1v) is 9.46. The summed E-state index contributed by atoms with van der Waals surface area (Å²) in [5.74, 6) is 0.501. The molecular weight excluding hydrogens is 362 g/mol. The molecular formula is C22H26ClNO3. The van der Waals surface area contributed by atoms with Crippen molar-refractivity contribution in [3.8, 4) is 5.75 Å². The zero-order valence-electron chi connectivity index (χ0n) is 15.6. The summed E-state index contributed by atoms with van der Waals surface area (Å²) in [4.78, 5) is 10.9. The van der Waals surface area contributed by atoms with Crippen LogP contribution in [-0.2, 0) is 15.5 Å². The lowest BCUT2D eigenvalue weighted by molar-refractivity contribution is -0.133. The third-order valence-electron chi connectivity index (χ3n) is 4.07. The molecule has 0 saturated heterocycles. The van der Waals surface area contributed by atoms with Crippen LogP contribution in [0.15, 0.2) is 54.6 Å². The second-order valence-electron chi connectivity index (χ2n) is 6.27. The van der Waals surface area contributed by atoms with Crippen LogP contribution in [0.1, 0.15) is 29.5 Å². The number of rotatable bonds is 11. The molecule has 2 aromatic rings. The quantitative estimate of drug-likeness (QED) is 0.568. The number of hydrogen-bond donors (Lipinski definition) is 1. The first-order valence-electron chi connectivity index (χ1n) is 9.15. The van der Waals surface area contributed by atoms with Crippen LogP contribution >= 0.6 is 11.9 Å². The zero-order chi connectivity index (χ0) is 19.3. The normalized spacial score (nSPS) is 10.9. The summed E-state index contributed by atoms with van der Waals surface area (Å²) in [5, 5.41) is 3.12. The van der Waals surface area contributed by atoms with Gasteiger partial charge in [0.25, 0.3) is 0 Å². The standard InChI is InChI=1S/C22H26ClNO3/c1-18-17-20(9-5-14-24-15-13-22(25)27-23)11-12-21(18)26-16-6-10-19-7-3-2-4-8-19/h2-5,7-9,11-12,17,24H,6,10,13-16H2,1H3/b9-5+. The van der Waals surface area contributed by atoms with Gasteiger partial charge in [0, 0.05) is 13.1 Å². The van der Waals surface area contributed by atoms with Crippen molar-refractivity contribution in [3.05, 3.63) is 71.3 Å². The van der Waals surface area contributed by atoms with E-state index in [0.29, 0.717) is 19.7 Å². The van der Waals surface area contributed by atoms with Gasteiger partial charge in [-0.2, -0.15) is 0 Å². The largest absolute Gasteiger partial charge is 0.493 e. The molecule has 0 fully saturated rings. The average molecular weight is 388 g/mol. The van der Waals surface area contributed by atoms with Crippen LogP contribution in [0.3, 0.4) is 0 Å². The fourth-order valence-corrected chi connectivity index (χ4v) is 2.73. The lowest BCUT2D eigenvalue weighted by Crippen LogP contribution is -2.18. The van der Waals surface area contributed by atoms with Crippen LogP contribution in [0.2, 0.25) is 0 Å². The first-order chi connectivity index (χ1) is 13.2. The maximum absolute atomic E-state index is 10.9. The number of aryl methyl sites for hydroxylation is 2. The summed E-state index contributed by atoms with van der Waals surface area (Å²) in [7, 11) is 0. The van der Waals surface area contributed by atoms with E-state index in [-0.39, 0.29) is 6.42 Å². The van der Waals surface area contributed by atoms with E-state index in [1.165, 1.54) is 5.56 Å². The fourth-order valence-electron chi connectivity index (χ4n) is 2.65. The Morgan fingerprint density at radius 1 is 1.19 bits per heavy atom. The molecule has 2 rings (SSSR count). The van der Waals surface area contributed by atoms with E-state index < -0.39 is 5.97 Å². The number of ether oxygens (including phenoxy) is 1. The van der Waals surface area contributed by atoms with E-state index in [1.54, 1.807) is 0 Å². The van der Waals surface area contributed by atoms with Crippen molar-refractivity contribution in [1.29, 1.82) is 0 Å². The Bertz CT molecular complexity index is 732. The van der Waals surface area contributed by atoms with Crippen LogP contribution in [0, 0.1) is 6.92 Å². The molecule has 0 aliphatic heterocycles. The van der Waals surface area contributed by atoms with E-state index in [1.807, 2.05) is 30.4 Å². The second-order valence-corrected chi connectivity index (χ2v) is 6.42. The third kappa shape index (κ3) is 8.29. The molecule has 0 unspecified atom stereocenters. The molecule has 4 nitrogen and oxygen atoms in total. The van der Waals surface area contributed by atoms with E-state index in [9.17, 15) is 4.79 Å². The highest BCUT2D eigenvalue weighted by molar-refractivity contribution is 6.13. The Morgan fingerprint density at radius 2 is 2.00 bits per heavy atom. The van der Waals surface area contributed by atoms with Crippen molar-refractivity contribution in [1.82, 2.24) is 5.32 Å². The van der Waals surface area contributed by atoms with Gasteiger partial charge < -0.3 is 14.3 Å². The Morgan fingerprint density at radius 3 is 2.74 bits per heavy atom. The van der Waals surface area contributed by atoms with Gasteiger partial charge in [0.2, 0.25) is 0 Å². The van der Waals surface area contributed by atoms with Crippen molar-refractivity contribution in [2.24, 2.45) is 0 Å². The summed E-state index contributed by atoms with van der Waals surface area (Å²) in [6.07, 6.45) is 6.33. The Balaban J connectivity index is 1.69. The molecule has 0 amide bonds. The highest BCUT2D eigenvalue weighted by Crippen LogP contribution is 2.20. The average Bonchev–Trinajstić information content (AvgIpc) is 2.69. The molecule has 0 heterocycles. The van der Waals surface area contributed by atoms with E-state index in [2.05, 4.69) is 46.9 Å². The van der Waals surface area contributed by atoms with Crippen LogP contribution in [0.25, 0.3) is 6.08 Å². The number of carbonyl (C=O) groups is 1. The molecule has 0 bridgehead atoms. The van der Waals surface area contributed by atoms with E-state index >= 15 is 0 Å². The van der Waals surface area contributed by atoms with Gasteiger partial charge in [0.1, 0.15) is 17.6 Å². The molecule has 0 aliphatic carbocycles. The number of benzene rings is 2. The van der Waals surface area contributed by atoms with Gasteiger partial charge in [0.05, 0.1) is 13.0 Å². The van der Waals surface area contributed by atoms with Crippen molar-refractivity contribution in [3.63, 3.8) is 0 Å². The molecule has 1 N–H and O–H groups in total. The third-order valence-corrected chi connectivity index (χ3v) is 4.25. The van der Waals surface area contributed by atoms with Crippen molar-refractivity contribution in [2.75, 3.05) is 19.7 Å². The molecule has 144 valence electrons. The van der Waals surface area contributed by atoms with Gasteiger partial charge >= 0.3 is 5.97 Å². The topological polar surface area (TPSA) is 47.6 Å². The summed E-state index contributed by atoms with van der Waals surface area (Å²) in [6, 6.07) is 16.6. The van der Waals surface area contributed by atoms with Gasteiger partial charge in [-0.3, -0.25) is 4.79 Å². The van der Waals surface area contributed by atoms with Crippen LogP contribution in [0.5, 0.6) is 5.75 Å². The highest BCUT2D eigenvalue weighted by Gasteiger charge is 2.01. The first kappa shape index (κ1) is 21.0. The fraction of sp³-hybridized carbons (Fsp3) is 0.318. The molecule has 5 heteroatoms. The van der Waals surface area contributed by atoms with Crippen molar-refractivity contribution in [2.45, 2.75) is 26.2 Å². The Hall–Kier alpha value is -2.30. The van der Waals surface area contributed by atoms with Gasteiger partial charge in [-0.15, -0.1) is 0 Å². The lowest BCUT2D eigenvalue weighted by Gasteiger charge is -2.10. The molecule has 0 spiro atoms. The Kier molecular flexibility index (Phi) is 9.45. The molecule has 2 aromatic carbocycles. The number of carbonyl (C=O) groups excluding carboxylic acids is 1. The zero-order valence-corrected chi connectivity index (χ0v) is 16.4. The van der Waals surface area contributed by atoms with Gasteiger partial charge in [-0.25, -0.2) is 0 Å². The number of nitrogens with one attached hydrogen (secondary N) is 1. The molecule has 0 saturated carbocycles. The monoisotopic (exact) mass is 387 g/mol. The molecule has 27 heavy (non-hydrogen) atoms. The van der Waals surface area contributed by atoms with E-state index in [0.717, 1.165) is 29.7 Å². The maximum Gasteiger partial charge on any atom is 0.326 e. The summed E-state index contributed by atoms with van der Waals surface area (Å²) in [5.41, 5.74) is 3.58. The number of hydrogen-bond acceptors (Lipinski definition) is 4. The summed E-state index contributed by atoms with van der Waals surface area (Å²) >= 11 is 4.97. The smallest absolute Gasteiger partial charge is 0.326 e. The summed E-state index contributed by atoms with van der Waals surface area (Å²) in [6.45, 7) is 3.97. The maximum atomic E-state index is 10.9. The molecule has 0 aliphatic rings. The highest BCUT2D eigenvalue weighted by atomic mass is 35.5. The van der Waals surface area contributed by atoms with Gasteiger partial charge in [-0.1, -0.05) is 48.6 Å². The minimum atomic E-state index is -0.428. The van der Waals surface area contributed by atoms with E-state index in [4.69, 9.17) is 16.6 Å². The lowest BCUT2D eigenvalue weighted by atomic mass is 10.1. The second kappa shape index (κ2) is 12.2. The minimum absolute atomic E-state index is 0.257. The number of halogens is 1. The molecule has 0 radical (unpaired) electrons. The van der Waals surface area contributed by atoms with Crippen LogP contribution in [0.4, 0.5) is 0 Å². The van der Waals surface area contributed by atoms with Crippen LogP contribution in [-0.4, -0.2) is 25.7 Å².